The van der Waals surface area contributed by atoms with Crippen molar-refractivity contribution in [3.05, 3.63) is 48.0 Å². The molecule has 0 spiro atoms. The number of likely N-dealkylation sites (N-methyl/N-ethyl adjacent to an activating group) is 1. The number of fused-ring (bicyclic) bond motifs is 1. The van der Waals surface area contributed by atoms with Crippen molar-refractivity contribution in [3.8, 4) is 0 Å². The predicted molar refractivity (Wildman–Crippen MR) is 99.5 cm³/mol. The van der Waals surface area contributed by atoms with Crippen LogP contribution in [0.25, 0.3) is 10.8 Å². The van der Waals surface area contributed by atoms with E-state index in [0.29, 0.717) is 19.7 Å². The molecule has 0 radical (unpaired) electrons. The molecule has 2 aromatic rings. The largest absolute Gasteiger partial charge is 0.375 e. The van der Waals surface area contributed by atoms with Crippen LogP contribution in [0.5, 0.6) is 0 Å². The van der Waals surface area contributed by atoms with Gasteiger partial charge in [0.2, 0.25) is 5.91 Å². The molecule has 0 aliphatic carbocycles. The van der Waals surface area contributed by atoms with Crippen LogP contribution in [0, 0.1) is 0 Å². The average molecular weight is 349 g/mol. The molecule has 5 heteroatoms. The van der Waals surface area contributed by atoms with Gasteiger partial charge in [-0.2, -0.15) is 0 Å². The summed E-state index contributed by atoms with van der Waals surface area (Å²) in [6, 6.07) is 14.4. The lowest BCUT2D eigenvalue weighted by Crippen LogP contribution is -2.56. The van der Waals surface area contributed by atoms with Crippen molar-refractivity contribution in [1.82, 2.24) is 10.2 Å². The second-order valence-corrected chi connectivity index (χ2v) is 6.04. The summed E-state index contributed by atoms with van der Waals surface area (Å²) >= 11 is 0. The van der Waals surface area contributed by atoms with Crippen LogP contribution in [-0.4, -0.2) is 42.6 Å². The Morgan fingerprint density at radius 2 is 2.00 bits per heavy atom. The number of carbonyl (C=O) groups excluding carboxylic acids is 1. The van der Waals surface area contributed by atoms with E-state index in [-0.39, 0.29) is 30.5 Å². The highest BCUT2D eigenvalue weighted by molar-refractivity contribution is 5.85. The number of hydrogen-bond donors (Lipinski definition) is 1. The van der Waals surface area contributed by atoms with Crippen LogP contribution in [-0.2, 0) is 16.1 Å². The van der Waals surface area contributed by atoms with E-state index in [9.17, 15) is 4.79 Å². The highest BCUT2D eigenvalue weighted by atomic mass is 35.5. The molecule has 4 nitrogen and oxygen atoms in total. The first-order valence-electron chi connectivity index (χ1n) is 8.30. The second kappa shape index (κ2) is 8.47. The number of hydrogen-bond acceptors (Lipinski definition) is 3. The fourth-order valence-electron chi connectivity index (χ4n) is 3.11. The molecule has 1 heterocycles. The van der Waals surface area contributed by atoms with Crippen LogP contribution in [0.15, 0.2) is 42.5 Å². The van der Waals surface area contributed by atoms with Gasteiger partial charge in [0, 0.05) is 19.6 Å². The highest BCUT2D eigenvalue weighted by Gasteiger charge is 2.31. The second-order valence-electron chi connectivity index (χ2n) is 6.04. The van der Waals surface area contributed by atoms with Gasteiger partial charge in [-0.05, 0) is 36.2 Å². The van der Waals surface area contributed by atoms with Crippen molar-refractivity contribution in [2.45, 2.75) is 32.5 Å². The Morgan fingerprint density at radius 1 is 1.25 bits per heavy atom. The van der Waals surface area contributed by atoms with Gasteiger partial charge in [0.1, 0.15) is 6.04 Å². The fourth-order valence-corrected chi connectivity index (χ4v) is 3.11. The zero-order chi connectivity index (χ0) is 16.2. The van der Waals surface area contributed by atoms with Crippen molar-refractivity contribution in [2.24, 2.45) is 0 Å². The van der Waals surface area contributed by atoms with Crippen LogP contribution in [0.3, 0.4) is 0 Å². The van der Waals surface area contributed by atoms with Crippen molar-refractivity contribution in [1.29, 1.82) is 0 Å². The maximum atomic E-state index is 12.8. The molecule has 1 amide bonds. The molecule has 0 unspecified atom stereocenters. The molecule has 1 N–H and O–H groups in total. The maximum Gasteiger partial charge on any atom is 0.242 e. The average Bonchev–Trinajstić information content (AvgIpc) is 2.59. The molecule has 1 aliphatic rings. The van der Waals surface area contributed by atoms with Crippen LogP contribution in [0.1, 0.15) is 19.4 Å². The number of amides is 1. The molecule has 3 rings (SSSR count). The summed E-state index contributed by atoms with van der Waals surface area (Å²) in [5, 5.41) is 5.72. The van der Waals surface area contributed by atoms with E-state index in [2.05, 4.69) is 35.6 Å². The Hall–Kier alpha value is -1.62. The van der Waals surface area contributed by atoms with Crippen LogP contribution in [0.2, 0.25) is 0 Å². The fraction of sp³-hybridized carbons (Fsp3) is 0.421. The van der Waals surface area contributed by atoms with Crippen molar-refractivity contribution < 1.29 is 9.53 Å². The predicted octanol–water partition coefficient (Wildman–Crippen LogP) is 2.99. The molecule has 1 saturated heterocycles. The van der Waals surface area contributed by atoms with E-state index in [0.717, 1.165) is 12.1 Å². The van der Waals surface area contributed by atoms with Crippen molar-refractivity contribution >= 4 is 29.1 Å². The summed E-state index contributed by atoms with van der Waals surface area (Å²) in [4.78, 5) is 14.7. The normalized spacial score (nSPS) is 20.4. The van der Waals surface area contributed by atoms with Gasteiger partial charge in [0.25, 0.3) is 0 Å². The molecule has 2 atom stereocenters. The number of nitrogens with zero attached hydrogens (tertiary/aromatic N) is 1. The summed E-state index contributed by atoms with van der Waals surface area (Å²) in [6.07, 6.45) is -0.0816. The van der Waals surface area contributed by atoms with E-state index in [1.165, 1.54) is 10.8 Å². The third-order valence-electron chi connectivity index (χ3n) is 4.46. The Balaban J connectivity index is 0.00000208. The third-order valence-corrected chi connectivity index (χ3v) is 4.46. The number of benzene rings is 2. The smallest absolute Gasteiger partial charge is 0.242 e. The molecule has 1 aliphatic heterocycles. The lowest BCUT2D eigenvalue weighted by Gasteiger charge is -2.33. The van der Waals surface area contributed by atoms with Gasteiger partial charge in [-0.3, -0.25) is 4.79 Å². The van der Waals surface area contributed by atoms with Crippen LogP contribution < -0.4 is 5.32 Å². The Morgan fingerprint density at radius 3 is 2.71 bits per heavy atom. The number of morpholine rings is 1. The molecule has 0 bridgehead atoms. The first-order valence-corrected chi connectivity index (χ1v) is 8.30. The lowest BCUT2D eigenvalue weighted by atomic mass is 10.1. The number of nitrogens with one attached hydrogen (secondary N) is 1. The Bertz CT molecular complexity index is 692. The maximum absolute atomic E-state index is 12.8. The van der Waals surface area contributed by atoms with Crippen LogP contribution in [0.4, 0.5) is 0 Å². The molecule has 2 aromatic carbocycles. The van der Waals surface area contributed by atoms with Gasteiger partial charge in [0.05, 0.1) is 12.7 Å². The van der Waals surface area contributed by atoms with E-state index < -0.39 is 0 Å². The molecule has 0 saturated carbocycles. The number of halogens is 1. The number of ether oxygens (including phenoxy) is 1. The zero-order valence-corrected chi connectivity index (χ0v) is 15.0. The van der Waals surface area contributed by atoms with Gasteiger partial charge in [-0.15, -0.1) is 12.4 Å². The van der Waals surface area contributed by atoms with Gasteiger partial charge in [-0.25, -0.2) is 0 Å². The molecular formula is C19H25ClN2O2. The summed E-state index contributed by atoms with van der Waals surface area (Å²) in [5.41, 5.74) is 1.16. The van der Waals surface area contributed by atoms with Gasteiger partial charge >= 0.3 is 0 Å². The van der Waals surface area contributed by atoms with Gasteiger partial charge in [0.15, 0.2) is 0 Å². The topological polar surface area (TPSA) is 41.6 Å². The molecule has 130 valence electrons. The summed E-state index contributed by atoms with van der Waals surface area (Å²) in [5.74, 6) is 0.118. The first-order chi connectivity index (χ1) is 11.2. The minimum absolute atomic E-state index is 0. The monoisotopic (exact) mass is 348 g/mol. The minimum Gasteiger partial charge on any atom is -0.375 e. The summed E-state index contributed by atoms with van der Waals surface area (Å²) < 4.78 is 5.60. The quantitative estimate of drug-likeness (QED) is 0.923. The van der Waals surface area contributed by atoms with Gasteiger partial charge in [-0.1, -0.05) is 36.4 Å². The van der Waals surface area contributed by atoms with Crippen LogP contribution >= 0.6 is 12.4 Å². The SMILES string of the molecule is CCN(Cc1ccc2ccccc2c1)C(=O)[C@H]1NCCO[C@@H]1C.Cl. The molecule has 24 heavy (non-hydrogen) atoms. The first kappa shape index (κ1) is 18.7. The lowest BCUT2D eigenvalue weighted by molar-refractivity contribution is -0.139. The summed E-state index contributed by atoms with van der Waals surface area (Å²) in [6.45, 7) is 6.70. The third kappa shape index (κ3) is 4.07. The van der Waals surface area contributed by atoms with E-state index in [1.54, 1.807) is 0 Å². The zero-order valence-electron chi connectivity index (χ0n) is 14.2. The molecular weight excluding hydrogens is 324 g/mol. The van der Waals surface area contributed by atoms with E-state index in [1.807, 2.05) is 30.9 Å². The molecule has 0 aromatic heterocycles. The van der Waals surface area contributed by atoms with Crippen molar-refractivity contribution in [3.63, 3.8) is 0 Å². The minimum atomic E-state index is -0.246. The number of carbonyl (C=O) groups is 1. The van der Waals surface area contributed by atoms with Crippen molar-refractivity contribution in [2.75, 3.05) is 19.7 Å². The highest BCUT2D eigenvalue weighted by Crippen LogP contribution is 2.18. The Kier molecular flexibility index (Phi) is 6.60. The number of rotatable bonds is 4. The standard InChI is InChI=1S/C19H24N2O2.ClH/c1-3-21(19(22)18-14(2)23-11-10-20-18)13-15-8-9-16-6-4-5-7-17(16)12-15;/h4-9,12,14,18,20H,3,10-11,13H2,1-2H3;1H/t14-,18+;/m1./s1. The molecule has 1 fully saturated rings. The van der Waals surface area contributed by atoms with Gasteiger partial charge < -0.3 is 15.0 Å². The Labute approximate surface area is 149 Å². The van der Waals surface area contributed by atoms with E-state index >= 15 is 0 Å². The van der Waals surface area contributed by atoms with E-state index in [4.69, 9.17) is 4.74 Å². The summed E-state index contributed by atoms with van der Waals surface area (Å²) in [7, 11) is 0.